The zero-order valence-corrected chi connectivity index (χ0v) is 18.1. The van der Waals surface area contributed by atoms with E-state index in [1.165, 1.54) is 23.5 Å². The Labute approximate surface area is 182 Å². The van der Waals surface area contributed by atoms with Crippen molar-refractivity contribution in [2.45, 2.75) is 25.8 Å². The van der Waals surface area contributed by atoms with E-state index in [0.29, 0.717) is 34.9 Å². The Bertz CT molecular complexity index is 1040. The normalized spacial score (nSPS) is 23.4. The number of ether oxygens (including phenoxy) is 1. The first-order valence-electron chi connectivity index (χ1n) is 9.63. The van der Waals surface area contributed by atoms with Crippen molar-refractivity contribution in [3.05, 3.63) is 62.5 Å². The van der Waals surface area contributed by atoms with Gasteiger partial charge >= 0.3 is 5.97 Å². The number of thiazole rings is 1. The molecule has 9 heteroatoms. The van der Waals surface area contributed by atoms with E-state index < -0.39 is 17.3 Å². The van der Waals surface area contributed by atoms with Crippen molar-refractivity contribution < 1.29 is 19.0 Å². The van der Waals surface area contributed by atoms with Gasteiger partial charge in [0.25, 0.3) is 0 Å². The highest BCUT2D eigenvalue weighted by atomic mass is 35.5. The summed E-state index contributed by atoms with van der Waals surface area (Å²) in [6.07, 6.45) is 2.18. The molecule has 30 heavy (non-hydrogen) atoms. The van der Waals surface area contributed by atoms with Gasteiger partial charge in [-0.05, 0) is 32.4 Å². The highest BCUT2D eigenvalue weighted by Crippen LogP contribution is 2.47. The lowest BCUT2D eigenvalue weighted by molar-refractivity contribution is -0.139. The zero-order chi connectivity index (χ0) is 21.5. The minimum Gasteiger partial charge on any atom is -0.463 e. The SMILES string of the molecule is CCOC(=O)C1=C2C[C@H](CO)CN2C(c2nccs2)=N[C@@]1(C)c1ccc(F)cc1Cl. The van der Waals surface area contributed by atoms with Gasteiger partial charge in [0.15, 0.2) is 10.8 Å². The number of fused-ring (bicyclic) bond motifs is 1. The number of hydrogen-bond acceptors (Lipinski definition) is 7. The predicted octanol–water partition coefficient (Wildman–Crippen LogP) is 3.74. The van der Waals surface area contributed by atoms with E-state index in [1.807, 2.05) is 10.3 Å². The van der Waals surface area contributed by atoms with Crippen molar-refractivity contribution in [3.8, 4) is 0 Å². The average Bonchev–Trinajstić information content (AvgIpc) is 3.37. The standard InChI is InChI=1S/C21H21ClFN3O3S/c1-3-29-20(28)17-16-8-12(11-27)10-26(16)18(19-24-6-7-30-19)25-21(17,2)14-5-4-13(23)9-15(14)22/h4-7,9,12,27H,3,8,10-11H2,1-2H3/t12-,21-/m0/s1. The molecule has 1 fully saturated rings. The largest absolute Gasteiger partial charge is 0.463 e. The average molecular weight is 450 g/mol. The van der Waals surface area contributed by atoms with Crippen LogP contribution in [0, 0.1) is 11.7 Å². The Balaban J connectivity index is 1.98. The number of esters is 1. The molecule has 6 nitrogen and oxygen atoms in total. The number of carbonyl (C=O) groups excluding carboxylic acids is 1. The van der Waals surface area contributed by atoms with Crippen LogP contribution in [-0.4, -0.2) is 46.6 Å². The summed E-state index contributed by atoms with van der Waals surface area (Å²) in [6, 6.07) is 4.07. The van der Waals surface area contributed by atoms with E-state index in [-0.39, 0.29) is 24.2 Å². The second-order valence-corrected chi connectivity index (χ2v) is 8.68. The van der Waals surface area contributed by atoms with Crippen LogP contribution in [0.1, 0.15) is 30.8 Å². The van der Waals surface area contributed by atoms with Crippen molar-refractivity contribution in [3.63, 3.8) is 0 Å². The van der Waals surface area contributed by atoms with Crippen LogP contribution in [0.4, 0.5) is 4.39 Å². The van der Waals surface area contributed by atoms with Gasteiger partial charge in [0.05, 0.1) is 12.2 Å². The van der Waals surface area contributed by atoms with Gasteiger partial charge in [0, 0.05) is 46.9 Å². The summed E-state index contributed by atoms with van der Waals surface area (Å²) >= 11 is 7.85. The summed E-state index contributed by atoms with van der Waals surface area (Å²) in [4.78, 5) is 24.4. The van der Waals surface area contributed by atoms with Crippen molar-refractivity contribution >= 4 is 34.7 Å². The predicted molar refractivity (Wildman–Crippen MR) is 113 cm³/mol. The maximum Gasteiger partial charge on any atom is 0.338 e. The van der Waals surface area contributed by atoms with Crippen molar-refractivity contribution in [1.29, 1.82) is 0 Å². The molecule has 0 aliphatic carbocycles. The summed E-state index contributed by atoms with van der Waals surface area (Å²) in [5, 5.41) is 12.5. The van der Waals surface area contributed by atoms with E-state index in [0.717, 1.165) is 5.70 Å². The summed E-state index contributed by atoms with van der Waals surface area (Å²) in [7, 11) is 0. The van der Waals surface area contributed by atoms with Crippen LogP contribution in [0.2, 0.25) is 5.02 Å². The third kappa shape index (κ3) is 3.42. The number of nitrogens with zero attached hydrogens (tertiary/aromatic N) is 3. The number of benzene rings is 1. The number of aliphatic hydroxyl groups excluding tert-OH is 1. The Hall–Kier alpha value is -2.29. The maximum absolute atomic E-state index is 13.8. The monoisotopic (exact) mass is 449 g/mol. The van der Waals surface area contributed by atoms with E-state index in [2.05, 4.69) is 4.98 Å². The smallest absolute Gasteiger partial charge is 0.338 e. The van der Waals surface area contributed by atoms with Crippen LogP contribution in [-0.2, 0) is 15.1 Å². The highest BCUT2D eigenvalue weighted by Gasteiger charge is 2.48. The molecule has 0 amide bonds. The number of hydrogen-bond donors (Lipinski definition) is 1. The highest BCUT2D eigenvalue weighted by molar-refractivity contribution is 7.11. The van der Waals surface area contributed by atoms with Gasteiger partial charge in [0.1, 0.15) is 11.4 Å². The van der Waals surface area contributed by atoms with Gasteiger partial charge in [-0.15, -0.1) is 11.3 Å². The molecule has 1 N–H and O–H groups in total. The number of aromatic nitrogens is 1. The molecule has 0 radical (unpaired) electrons. The Morgan fingerprint density at radius 2 is 2.30 bits per heavy atom. The van der Waals surface area contributed by atoms with Crippen LogP contribution in [0.25, 0.3) is 0 Å². The summed E-state index contributed by atoms with van der Waals surface area (Å²) in [5.74, 6) is -0.422. The summed E-state index contributed by atoms with van der Waals surface area (Å²) in [6.45, 7) is 4.22. The molecule has 158 valence electrons. The molecule has 2 aromatic rings. The van der Waals surface area contributed by atoms with Crippen molar-refractivity contribution in [1.82, 2.24) is 9.88 Å². The fraction of sp³-hybridized carbons (Fsp3) is 0.381. The van der Waals surface area contributed by atoms with Gasteiger partial charge < -0.3 is 14.7 Å². The van der Waals surface area contributed by atoms with Crippen LogP contribution in [0.5, 0.6) is 0 Å². The molecule has 2 aliphatic rings. The van der Waals surface area contributed by atoms with Gasteiger partial charge in [-0.25, -0.2) is 19.2 Å². The lowest BCUT2D eigenvalue weighted by Crippen LogP contribution is -2.42. The molecule has 0 bridgehead atoms. The quantitative estimate of drug-likeness (QED) is 0.704. The van der Waals surface area contributed by atoms with Gasteiger partial charge in [0.2, 0.25) is 0 Å². The van der Waals surface area contributed by atoms with E-state index in [9.17, 15) is 14.3 Å². The van der Waals surface area contributed by atoms with Gasteiger partial charge in [-0.1, -0.05) is 17.7 Å². The first kappa shape index (κ1) is 21.0. The lowest BCUT2D eigenvalue weighted by Gasteiger charge is -2.38. The number of allylic oxidation sites excluding steroid dienone is 1. The minimum atomic E-state index is -1.20. The molecule has 0 unspecified atom stereocenters. The Morgan fingerprint density at radius 1 is 1.50 bits per heavy atom. The van der Waals surface area contributed by atoms with Crippen LogP contribution >= 0.6 is 22.9 Å². The fourth-order valence-electron chi connectivity index (χ4n) is 4.10. The molecule has 4 rings (SSSR count). The number of aliphatic imine (C=N–C) groups is 1. The fourth-order valence-corrected chi connectivity index (χ4v) is 5.08. The molecule has 2 atom stereocenters. The first-order valence-corrected chi connectivity index (χ1v) is 10.9. The lowest BCUT2D eigenvalue weighted by atomic mass is 9.81. The second kappa shape index (κ2) is 8.09. The molecule has 2 aliphatic heterocycles. The molecular weight excluding hydrogens is 429 g/mol. The molecule has 1 saturated heterocycles. The Kier molecular flexibility index (Phi) is 5.65. The molecule has 0 spiro atoms. The van der Waals surface area contributed by atoms with Crippen LogP contribution in [0.3, 0.4) is 0 Å². The van der Waals surface area contributed by atoms with Gasteiger partial charge in [-0.2, -0.15) is 0 Å². The summed E-state index contributed by atoms with van der Waals surface area (Å²) in [5.41, 5.74) is 0.390. The topological polar surface area (TPSA) is 75.0 Å². The number of carbonyl (C=O) groups is 1. The number of aliphatic hydroxyl groups is 1. The van der Waals surface area contributed by atoms with Gasteiger partial charge in [-0.3, -0.25) is 0 Å². The molecule has 1 aromatic heterocycles. The van der Waals surface area contributed by atoms with E-state index >= 15 is 0 Å². The van der Waals surface area contributed by atoms with E-state index in [1.54, 1.807) is 26.1 Å². The van der Waals surface area contributed by atoms with Crippen LogP contribution in [0.15, 0.2) is 46.0 Å². The third-order valence-corrected chi connectivity index (χ3v) is 6.51. The number of amidine groups is 1. The number of rotatable bonds is 5. The molecule has 0 saturated carbocycles. The molecular formula is C21H21ClFN3O3S. The minimum absolute atomic E-state index is 0.0186. The molecule has 3 heterocycles. The second-order valence-electron chi connectivity index (χ2n) is 7.37. The first-order chi connectivity index (χ1) is 14.4. The Morgan fingerprint density at radius 3 is 2.93 bits per heavy atom. The summed E-state index contributed by atoms with van der Waals surface area (Å²) < 4.78 is 19.1. The van der Waals surface area contributed by atoms with Crippen molar-refractivity contribution in [2.24, 2.45) is 10.9 Å². The van der Waals surface area contributed by atoms with Crippen molar-refractivity contribution in [2.75, 3.05) is 19.8 Å². The maximum atomic E-state index is 13.8. The zero-order valence-electron chi connectivity index (χ0n) is 16.6. The van der Waals surface area contributed by atoms with Crippen LogP contribution < -0.4 is 0 Å². The molecule has 1 aromatic carbocycles. The van der Waals surface area contributed by atoms with E-state index in [4.69, 9.17) is 21.3 Å². The number of halogens is 2. The third-order valence-electron chi connectivity index (χ3n) is 5.43.